The van der Waals surface area contributed by atoms with E-state index in [2.05, 4.69) is 11.8 Å². The first-order valence-corrected chi connectivity index (χ1v) is 6.04. The van der Waals surface area contributed by atoms with Crippen LogP contribution in [0.15, 0.2) is 54.6 Å². The molecule has 1 unspecified atom stereocenters. The molecule has 1 N–H and O–H groups in total. The second-order valence-electron chi connectivity index (χ2n) is 4.50. The number of hydrogen-bond donors (Lipinski definition) is 1. The number of non-ortho nitro benzene ring substituents is 1. The third-order valence-electron chi connectivity index (χ3n) is 2.84. The number of aliphatic hydroxyl groups is 1. The molecule has 2 aromatic carbocycles. The number of rotatable bonds is 2. The molecule has 0 aliphatic rings. The third-order valence-corrected chi connectivity index (χ3v) is 2.84. The molecule has 0 fully saturated rings. The molecule has 4 heteroatoms. The summed E-state index contributed by atoms with van der Waals surface area (Å²) in [6.45, 7) is 1.52. The topological polar surface area (TPSA) is 63.4 Å². The van der Waals surface area contributed by atoms with Crippen molar-refractivity contribution in [1.82, 2.24) is 0 Å². The highest BCUT2D eigenvalue weighted by Crippen LogP contribution is 2.23. The van der Waals surface area contributed by atoms with E-state index in [1.54, 1.807) is 6.07 Å². The minimum atomic E-state index is -1.44. The van der Waals surface area contributed by atoms with Crippen molar-refractivity contribution >= 4 is 5.69 Å². The van der Waals surface area contributed by atoms with Crippen LogP contribution in [0.2, 0.25) is 0 Å². The summed E-state index contributed by atoms with van der Waals surface area (Å²) < 4.78 is 0. The molecule has 4 nitrogen and oxygen atoms in total. The van der Waals surface area contributed by atoms with Crippen LogP contribution in [-0.2, 0) is 5.60 Å². The monoisotopic (exact) mass is 267 g/mol. The number of nitro groups is 1. The molecule has 2 aromatic rings. The first-order chi connectivity index (χ1) is 9.49. The molecule has 0 aliphatic heterocycles. The van der Waals surface area contributed by atoms with E-state index in [9.17, 15) is 15.2 Å². The van der Waals surface area contributed by atoms with E-state index >= 15 is 0 Å². The molecule has 0 heterocycles. The Kier molecular flexibility index (Phi) is 3.83. The predicted molar refractivity (Wildman–Crippen MR) is 76.0 cm³/mol. The highest BCUT2D eigenvalue weighted by atomic mass is 16.6. The van der Waals surface area contributed by atoms with Crippen molar-refractivity contribution in [3.63, 3.8) is 0 Å². The average molecular weight is 267 g/mol. The van der Waals surface area contributed by atoms with E-state index in [-0.39, 0.29) is 5.69 Å². The van der Waals surface area contributed by atoms with Gasteiger partial charge < -0.3 is 5.11 Å². The van der Waals surface area contributed by atoms with Crippen LogP contribution in [0.25, 0.3) is 0 Å². The summed E-state index contributed by atoms with van der Waals surface area (Å²) in [6.07, 6.45) is 0. The summed E-state index contributed by atoms with van der Waals surface area (Å²) in [6, 6.07) is 15.1. The molecule has 2 rings (SSSR count). The highest BCUT2D eigenvalue weighted by Gasteiger charge is 2.22. The maximum atomic E-state index is 10.7. The molecule has 100 valence electrons. The fourth-order valence-electron chi connectivity index (χ4n) is 1.71. The van der Waals surface area contributed by atoms with Gasteiger partial charge in [0.2, 0.25) is 0 Å². The van der Waals surface area contributed by atoms with Gasteiger partial charge >= 0.3 is 0 Å². The number of hydrogen-bond acceptors (Lipinski definition) is 3. The second kappa shape index (κ2) is 5.55. The minimum Gasteiger partial charge on any atom is -0.374 e. The molecule has 0 saturated heterocycles. The zero-order chi connectivity index (χ0) is 14.6. The third kappa shape index (κ3) is 3.22. The lowest BCUT2D eigenvalue weighted by atomic mass is 9.96. The molecule has 0 aliphatic carbocycles. The van der Waals surface area contributed by atoms with E-state index in [0.29, 0.717) is 5.56 Å². The van der Waals surface area contributed by atoms with Crippen molar-refractivity contribution in [3.8, 4) is 11.8 Å². The van der Waals surface area contributed by atoms with Gasteiger partial charge in [-0.2, -0.15) is 0 Å². The minimum absolute atomic E-state index is 0.0655. The number of nitrogens with zero attached hydrogens (tertiary/aromatic N) is 1. The molecule has 1 atom stereocenters. The van der Waals surface area contributed by atoms with Crippen molar-refractivity contribution < 1.29 is 10.0 Å². The van der Waals surface area contributed by atoms with Crippen molar-refractivity contribution in [2.45, 2.75) is 12.5 Å². The van der Waals surface area contributed by atoms with Gasteiger partial charge in [0.15, 0.2) is 0 Å². The van der Waals surface area contributed by atoms with Crippen LogP contribution in [-0.4, -0.2) is 10.0 Å². The van der Waals surface area contributed by atoms with Gasteiger partial charge in [0.05, 0.1) is 4.92 Å². The maximum Gasteiger partial charge on any atom is 0.269 e. The lowest BCUT2D eigenvalue weighted by Crippen LogP contribution is -2.18. The molecular weight excluding hydrogens is 254 g/mol. The van der Waals surface area contributed by atoms with Crippen molar-refractivity contribution in [2.75, 3.05) is 0 Å². The van der Waals surface area contributed by atoms with Gasteiger partial charge in [-0.25, -0.2) is 0 Å². The van der Waals surface area contributed by atoms with Gasteiger partial charge in [-0.1, -0.05) is 42.2 Å². The smallest absolute Gasteiger partial charge is 0.269 e. The molecule has 20 heavy (non-hydrogen) atoms. The summed E-state index contributed by atoms with van der Waals surface area (Å²) in [4.78, 5) is 10.3. The van der Waals surface area contributed by atoms with Crippen molar-refractivity contribution in [3.05, 3.63) is 75.8 Å². The molecule has 0 bridgehead atoms. The standard InChI is InChI=1S/C16H13NO3/c1-16(18,11-10-13-6-3-2-4-7-13)14-8-5-9-15(12-14)17(19)20/h2-9,12,18H,1H3. The summed E-state index contributed by atoms with van der Waals surface area (Å²) in [5.74, 6) is 5.60. The molecule has 0 aromatic heterocycles. The SMILES string of the molecule is CC(O)(C#Cc1ccccc1)c1cccc([N+](=O)[O-])c1. The fourth-order valence-corrected chi connectivity index (χ4v) is 1.71. The van der Waals surface area contributed by atoms with E-state index in [1.807, 2.05) is 30.3 Å². The first-order valence-electron chi connectivity index (χ1n) is 6.04. The summed E-state index contributed by atoms with van der Waals surface area (Å²) in [5.41, 5.74) is -0.334. The Bertz CT molecular complexity index is 682. The van der Waals surface area contributed by atoms with Crippen LogP contribution in [0, 0.1) is 22.0 Å². The van der Waals surface area contributed by atoms with Crippen LogP contribution in [0.4, 0.5) is 5.69 Å². The Labute approximate surface area is 116 Å². The summed E-state index contributed by atoms with van der Waals surface area (Å²) in [7, 11) is 0. The lowest BCUT2D eigenvalue weighted by Gasteiger charge is -2.16. The van der Waals surface area contributed by atoms with Crippen LogP contribution < -0.4 is 0 Å². The highest BCUT2D eigenvalue weighted by molar-refractivity contribution is 5.43. The quantitative estimate of drug-likeness (QED) is 0.517. The fraction of sp³-hybridized carbons (Fsp3) is 0.125. The van der Waals surface area contributed by atoms with E-state index in [1.165, 1.54) is 25.1 Å². The molecule has 0 saturated carbocycles. The van der Waals surface area contributed by atoms with E-state index in [0.717, 1.165) is 5.56 Å². The lowest BCUT2D eigenvalue weighted by molar-refractivity contribution is -0.385. The first kappa shape index (κ1) is 13.8. The van der Waals surface area contributed by atoms with Gasteiger partial charge in [-0.05, 0) is 19.1 Å². The number of nitro benzene ring substituents is 1. The predicted octanol–water partition coefficient (Wildman–Crippen LogP) is 2.85. The number of benzene rings is 2. The Morgan fingerprint density at radius 2 is 1.85 bits per heavy atom. The average Bonchev–Trinajstić information content (AvgIpc) is 2.46. The summed E-state index contributed by atoms with van der Waals surface area (Å²) in [5, 5.41) is 21.1. The molecule has 0 amide bonds. The zero-order valence-corrected chi connectivity index (χ0v) is 10.9. The summed E-state index contributed by atoms with van der Waals surface area (Å²) >= 11 is 0. The largest absolute Gasteiger partial charge is 0.374 e. The Morgan fingerprint density at radius 3 is 2.50 bits per heavy atom. The van der Waals surface area contributed by atoms with Gasteiger partial charge in [0.25, 0.3) is 5.69 Å². The molecule has 0 spiro atoms. The van der Waals surface area contributed by atoms with Gasteiger partial charge in [0.1, 0.15) is 5.60 Å². The van der Waals surface area contributed by atoms with Crippen LogP contribution in [0.5, 0.6) is 0 Å². The van der Waals surface area contributed by atoms with Gasteiger partial charge in [-0.15, -0.1) is 0 Å². The molecule has 0 radical (unpaired) electrons. The second-order valence-corrected chi connectivity index (χ2v) is 4.50. The Balaban J connectivity index is 2.33. The van der Waals surface area contributed by atoms with E-state index in [4.69, 9.17) is 0 Å². The maximum absolute atomic E-state index is 10.7. The normalized spacial score (nSPS) is 12.9. The Hall–Kier alpha value is -2.64. The van der Waals surface area contributed by atoms with Crippen LogP contribution >= 0.6 is 0 Å². The van der Waals surface area contributed by atoms with E-state index < -0.39 is 10.5 Å². The Morgan fingerprint density at radius 1 is 1.15 bits per heavy atom. The van der Waals surface area contributed by atoms with Crippen molar-refractivity contribution in [2.24, 2.45) is 0 Å². The van der Waals surface area contributed by atoms with Crippen molar-refractivity contribution in [1.29, 1.82) is 0 Å². The van der Waals surface area contributed by atoms with Crippen LogP contribution in [0.1, 0.15) is 18.1 Å². The molecular formula is C16H13NO3. The van der Waals surface area contributed by atoms with Crippen LogP contribution in [0.3, 0.4) is 0 Å². The zero-order valence-electron chi connectivity index (χ0n) is 10.9. The van der Waals surface area contributed by atoms with Gasteiger partial charge in [-0.3, -0.25) is 10.1 Å². The van der Waals surface area contributed by atoms with Gasteiger partial charge in [0, 0.05) is 23.3 Å².